The van der Waals surface area contributed by atoms with Gasteiger partial charge in [0.1, 0.15) is 4.90 Å². The molecule has 0 aliphatic rings. The highest BCUT2D eigenvalue weighted by Crippen LogP contribution is 3.02. The van der Waals surface area contributed by atoms with Crippen LogP contribution < -0.4 is 0 Å². The van der Waals surface area contributed by atoms with Crippen LogP contribution in [-0.2, 0) is 0 Å². The van der Waals surface area contributed by atoms with Gasteiger partial charge < -0.3 is 0 Å². The van der Waals surface area contributed by atoms with Gasteiger partial charge >= 0.3 is 10.2 Å². The Kier molecular flexibility index (Phi) is 2.72. The number of hydrogen-bond acceptors (Lipinski definition) is 0. The number of halogens is 5. The van der Waals surface area contributed by atoms with Crippen LogP contribution in [0.2, 0.25) is 0 Å². The normalized spacial score (nSPS) is 16.2. The third-order valence-corrected chi connectivity index (χ3v) is 2.77. The minimum atomic E-state index is -9.50. The summed E-state index contributed by atoms with van der Waals surface area (Å²) in [6.45, 7) is 2.69. The summed E-state index contributed by atoms with van der Waals surface area (Å²) in [6, 6.07) is 2.34. The molecule has 90 valence electrons. The van der Waals surface area contributed by atoms with Crippen molar-refractivity contribution in [2.45, 2.75) is 26.2 Å². The fourth-order valence-electron chi connectivity index (χ4n) is 1.16. The van der Waals surface area contributed by atoms with Crippen molar-refractivity contribution >= 4 is 10.2 Å². The van der Waals surface area contributed by atoms with E-state index in [4.69, 9.17) is 0 Å². The second kappa shape index (κ2) is 2.87. The summed E-state index contributed by atoms with van der Waals surface area (Å²) >= 11 is 0. The number of rotatable bonds is 1. The molecule has 1 aromatic rings. The van der Waals surface area contributed by atoms with Crippen molar-refractivity contribution in [3.63, 3.8) is 0 Å². The molecule has 15 heavy (non-hydrogen) atoms. The lowest BCUT2D eigenvalue weighted by Gasteiger charge is -2.40. The highest BCUT2D eigenvalue weighted by atomic mass is 32.5. The van der Waals surface area contributed by atoms with Crippen LogP contribution in [0.5, 0.6) is 0 Å². The predicted molar refractivity (Wildman–Crippen MR) is 54.0 cm³/mol. The highest BCUT2D eigenvalue weighted by Gasteiger charge is 2.65. The van der Waals surface area contributed by atoms with Crippen molar-refractivity contribution in [2.24, 2.45) is 0 Å². The molecule has 0 heterocycles. The van der Waals surface area contributed by atoms with Crippen molar-refractivity contribution in [3.8, 4) is 0 Å². The molecule has 0 nitrogen and oxygen atoms in total. The van der Waals surface area contributed by atoms with E-state index in [2.05, 4.69) is 0 Å². The van der Waals surface area contributed by atoms with Gasteiger partial charge in [0.15, 0.2) is 0 Å². The summed E-state index contributed by atoms with van der Waals surface area (Å²) in [5.41, 5.74) is 0.349. The molecule has 0 aliphatic carbocycles. The summed E-state index contributed by atoms with van der Waals surface area (Å²) in [7, 11) is -9.50. The SMILES string of the molecule is C.Cc1cc(C)cc(S(F)(F)(F)(F)F)c1. The molecule has 0 fully saturated rings. The van der Waals surface area contributed by atoms with Crippen LogP contribution in [0, 0.1) is 13.8 Å². The molecule has 0 amide bonds. The molecule has 1 aromatic carbocycles. The average Bonchev–Trinajstić information content (AvgIpc) is 1.78. The lowest BCUT2D eigenvalue weighted by Crippen LogP contribution is -2.06. The Morgan fingerprint density at radius 2 is 1.13 bits per heavy atom. The van der Waals surface area contributed by atoms with Gasteiger partial charge in [-0.2, -0.15) is 0 Å². The summed E-state index contributed by atoms with van der Waals surface area (Å²) in [4.78, 5) is -1.82. The molecular formula is C9H13F5S. The van der Waals surface area contributed by atoms with Crippen LogP contribution >= 0.6 is 10.2 Å². The van der Waals surface area contributed by atoms with Crippen molar-refractivity contribution in [1.29, 1.82) is 0 Å². The molecule has 0 bridgehead atoms. The number of hydrogen-bond donors (Lipinski definition) is 0. The minimum absolute atomic E-state index is 0. The average molecular weight is 248 g/mol. The summed E-state index contributed by atoms with van der Waals surface area (Å²) in [6.07, 6.45) is 0. The smallest absolute Gasteiger partial charge is 0.0936 e. The molecule has 0 spiro atoms. The second-order valence-corrected chi connectivity index (χ2v) is 5.70. The van der Waals surface area contributed by atoms with Crippen molar-refractivity contribution in [2.75, 3.05) is 0 Å². The zero-order valence-corrected chi connectivity index (χ0v) is 8.35. The molecule has 0 aromatic heterocycles. The van der Waals surface area contributed by atoms with E-state index >= 15 is 0 Å². The first-order chi connectivity index (χ1) is 5.88. The Labute approximate surface area is 85.8 Å². The van der Waals surface area contributed by atoms with E-state index in [9.17, 15) is 19.4 Å². The quantitative estimate of drug-likeness (QED) is 0.568. The molecule has 0 radical (unpaired) electrons. The fourth-order valence-corrected chi connectivity index (χ4v) is 1.97. The van der Waals surface area contributed by atoms with Gasteiger partial charge in [0.25, 0.3) is 0 Å². The first-order valence-electron chi connectivity index (χ1n) is 3.71. The van der Waals surface area contributed by atoms with E-state index < -0.39 is 15.1 Å². The Morgan fingerprint density at radius 3 is 1.40 bits per heavy atom. The summed E-state index contributed by atoms with van der Waals surface area (Å²) in [5.74, 6) is 0. The monoisotopic (exact) mass is 248 g/mol. The van der Waals surface area contributed by atoms with E-state index in [1.807, 2.05) is 0 Å². The highest BCUT2D eigenvalue weighted by molar-refractivity contribution is 8.45. The lowest BCUT2D eigenvalue weighted by atomic mass is 10.2. The maximum Gasteiger partial charge on any atom is 0.310 e. The Hall–Kier alpha value is -0.780. The molecular weight excluding hydrogens is 235 g/mol. The Bertz CT molecular complexity index is 358. The molecule has 0 saturated carbocycles. The van der Waals surface area contributed by atoms with E-state index in [1.165, 1.54) is 19.9 Å². The van der Waals surface area contributed by atoms with Crippen LogP contribution in [0.15, 0.2) is 23.1 Å². The Morgan fingerprint density at radius 1 is 0.800 bits per heavy atom. The summed E-state index contributed by atoms with van der Waals surface area (Å²) < 4.78 is 61.5. The van der Waals surface area contributed by atoms with Crippen molar-refractivity contribution in [1.82, 2.24) is 0 Å². The van der Waals surface area contributed by atoms with Crippen LogP contribution in [0.25, 0.3) is 0 Å². The Balaban J connectivity index is 0.00000196. The van der Waals surface area contributed by atoms with Crippen molar-refractivity contribution < 1.29 is 19.4 Å². The molecule has 0 atom stereocenters. The van der Waals surface area contributed by atoms with E-state index in [-0.39, 0.29) is 18.6 Å². The second-order valence-electron chi connectivity index (χ2n) is 3.29. The predicted octanol–water partition coefficient (Wildman–Crippen LogP) is 5.60. The van der Waals surface area contributed by atoms with Gasteiger partial charge in [-0.25, -0.2) is 0 Å². The molecule has 6 heteroatoms. The first-order valence-corrected chi connectivity index (χ1v) is 5.66. The van der Waals surface area contributed by atoms with Crippen LogP contribution in [-0.4, -0.2) is 0 Å². The molecule has 1 rings (SSSR count). The molecule has 0 saturated heterocycles. The largest absolute Gasteiger partial charge is 0.310 e. The molecule has 0 aliphatic heterocycles. The molecule has 0 N–H and O–H groups in total. The van der Waals surface area contributed by atoms with Gasteiger partial charge in [-0.15, -0.1) is 0 Å². The van der Waals surface area contributed by atoms with Crippen LogP contribution in [0.3, 0.4) is 0 Å². The van der Waals surface area contributed by atoms with Gasteiger partial charge in [0.05, 0.1) is 0 Å². The zero-order valence-electron chi connectivity index (χ0n) is 7.53. The number of aryl methyl sites for hydroxylation is 2. The van der Waals surface area contributed by atoms with Crippen LogP contribution in [0.4, 0.5) is 19.4 Å². The lowest BCUT2D eigenvalue weighted by molar-refractivity contribution is 0.363. The van der Waals surface area contributed by atoms with Gasteiger partial charge in [-0.05, 0) is 37.1 Å². The minimum Gasteiger partial charge on any atom is -0.0936 e. The maximum atomic E-state index is 12.3. The zero-order chi connectivity index (χ0) is 11.3. The molecule has 0 unspecified atom stereocenters. The third-order valence-electron chi connectivity index (χ3n) is 1.64. The topological polar surface area (TPSA) is 0 Å². The fraction of sp³-hybridized carbons (Fsp3) is 0.333. The van der Waals surface area contributed by atoms with Gasteiger partial charge in [-0.1, -0.05) is 32.9 Å². The van der Waals surface area contributed by atoms with Gasteiger partial charge in [0, 0.05) is 0 Å². The standard InChI is InChI=1S/C8H9F5S.CH4/c1-6-3-7(2)5-8(4-6)14(9,10,11,12)13;/h3-5H,1-2H3;1H4. The maximum absolute atomic E-state index is 12.3. The van der Waals surface area contributed by atoms with Gasteiger partial charge in [-0.3, -0.25) is 0 Å². The summed E-state index contributed by atoms with van der Waals surface area (Å²) in [5, 5.41) is 0. The number of benzene rings is 1. The van der Waals surface area contributed by atoms with Crippen molar-refractivity contribution in [3.05, 3.63) is 29.3 Å². The first kappa shape index (κ1) is 14.2. The van der Waals surface area contributed by atoms with E-state index in [1.54, 1.807) is 0 Å². The van der Waals surface area contributed by atoms with Crippen LogP contribution in [0.1, 0.15) is 18.6 Å². The third kappa shape index (κ3) is 3.70. The van der Waals surface area contributed by atoms with E-state index in [0.717, 1.165) is 0 Å². The van der Waals surface area contributed by atoms with E-state index in [0.29, 0.717) is 12.1 Å². The van der Waals surface area contributed by atoms with Gasteiger partial charge in [0.2, 0.25) is 0 Å².